The molecule has 6 nitrogen and oxygen atoms in total. The second-order valence-electron chi connectivity index (χ2n) is 6.29. The first kappa shape index (κ1) is 20.9. The summed E-state index contributed by atoms with van der Waals surface area (Å²) in [6, 6.07) is 13.7. The fourth-order valence-corrected chi connectivity index (χ4v) is 2.74. The molecular weight excluding hydrogens is 354 g/mol. The molecule has 0 aromatic heterocycles. The van der Waals surface area contributed by atoms with Crippen LogP contribution in [-0.4, -0.2) is 32.8 Å². The fourth-order valence-electron chi connectivity index (χ4n) is 2.74. The molecule has 3 rings (SSSR count). The van der Waals surface area contributed by atoms with Gasteiger partial charge in [-0.25, -0.2) is 0 Å². The highest BCUT2D eigenvalue weighted by molar-refractivity contribution is 6.08. The van der Waals surface area contributed by atoms with Gasteiger partial charge in [-0.05, 0) is 68.5 Å². The Hall–Kier alpha value is -3.43. The molecular formula is C22H23N3O3. The third-order valence-corrected chi connectivity index (χ3v) is 4.16. The molecule has 0 radical (unpaired) electrons. The molecule has 0 aliphatic carbocycles. The minimum absolute atomic E-state index is 0.00454. The number of aryl methyl sites for hydroxylation is 1. The SMILES string of the molecule is C=C(Oc1ccc(C#N)cc1)C(=O)c1ccc2c(c1)CCC(=O)N2C.CNC. The van der Waals surface area contributed by atoms with E-state index in [1.54, 1.807) is 54.4 Å². The van der Waals surface area contributed by atoms with Crippen LogP contribution < -0.4 is 15.0 Å². The number of amides is 1. The van der Waals surface area contributed by atoms with Crippen molar-refractivity contribution >= 4 is 17.4 Å². The second-order valence-corrected chi connectivity index (χ2v) is 6.29. The molecule has 6 heteroatoms. The Labute approximate surface area is 165 Å². The number of Topliss-reactive ketones (excluding diaryl/α,β-unsaturated/α-hetero) is 1. The first-order chi connectivity index (χ1) is 13.4. The topological polar surface area (TPSA) is 82.4 Å². The van der Waals surface area contributed by atoms with Crippen LogP contribution in [0.5, 0.6) is 5.75 Å². The molecule has 0 saturated carbocycles. The normalized spacial score (nSPS) is 12.2. The molecule has 2 aromatic carbocycles. The van der Waals surface area contributed by atoms with Crippen molar-refractivity contribution in [1.29, 1.82) is 5.26 Å². The highest BCUT2D eigenvalue weighted by atomic mass is 16.5. The van der Waals surface area contributed by atoms with Crippen molar-refractivity contribution in [2.75, 3.05) is 26.0 Å². The predicted molar refractivity (Wildman–Crippen MR) is 108 cm³/mol. The molecule has 1 aliphatic rings. The number of anilines is 1. The summed E-state index contributed by atoms with van der Waals surface area (Å²) in [4.78, 5) is 25.9. The first-order valence-electron chi connectivity index (χ1n) is 8.80. The Balaban J connectivity index is 0.000000878. The Kier molecular flexibility index (Phi) is 7.08. The van der Waals surface area contributed by atoms with E-state index < -0.39 is 0 Å². The van der Waals surface area contributed by atoms with Gasteiger partial charge in [0, 0.05) is 24.7 Å². The number of hydrogen-bond donors (Lipinski definition) is 1. The minimum atomic E-state index is -0.313. The molecule has 1 N–H and O–H groups in total. The molecule has 2 aromatic rings. The van der Waals surface area contributed by atoms with Gasteiger partial charge in [0.1, 0.15) is 5.75 Å². The van der Waals surface area contributed by atoms with Gasteiger partial charge in [-0.15, -0.1) is 0 Å². The highest BCUT2D eigenvalue weighted by Crippen LogP contribution is 2.28. The van der Waals surface area contributed by atoms with Crippen LogP contribution in [0.1, 0.15) is 27.9 Å². The lowest BCUT2D eigenvalue weighted by atomic mass is 9.97. The molecule has 1 heterocycles. The highest BCUT2D eigenvalue weighted by Gasteiger charge is 2.22. The molecule has 1 amide bonds. The Morgan fingerprint density at radius 3 is 2.43 bits per heavy atom. The summed E-state index contributed by atoms with van der Waals surface area (Å²) in [5.41, 5.74) is 2.77. The lowest BCUT2D eigenvalue weighted by molar-refractivity contribution is -0.118. The third kappa shape index (κ3) is 4.84. The largest absolute Gasteiger partial charge is 0.454 e. The molecule has 144 valence electrons. The van der Waals surface area contributed by atoms with Crippen molar-refractivity contribution in [1.82, 2.24) is 5.32 Å². The van der Waals surface area contributed by atoms with Gasteiger partial charge in [0.05, 0.1) is 11.6 Å². The van der Waals surface area contributed by atoms with Crippen LogP contribution in [0.3, 0.4) is 0 Å². The van der Waals surface area contributed by atoms with Crippen molar-refractivity contribution in [3.8, 4) is 11.8 Å². The van der Waals surface area contributed by atoms with Crippen LogP contribution in [0.15, 0.2) is 54.8 Å². The van der Waals surface area contributed by atoms with Gasteiger partial charge >= 0.3 is 0 Å². The van der Waals surface area contributed by atoms with Crippen molar-refractivity contribution in [3.63, 3.8) is 0 Å². The summed E-state index contributed by atoms with van der Waals surface area (Å²) in [5.74, 6) is 0.206. The van der Waals surface area contributed by atoms with Gasteiger partial charge in [-0.1, -0.05) is 6.58 Å². The summed E-state index contributed by atoms with van der Waals surface area (Å²) >= 11 is 0. The van der Waals surface area contributed by atoms with Crippen LogP contribution in [-0.2, 0) is 11.2 Å². The number of rotatable bonds is 4. The number of allylic oxidation sites excluding steroid dienone is 1. The Morgan fingerprint density at radius 2 is 1.82 bits per heavy atom. The molecule has 1 aliphatic heterocycles. The van der Waals surface area contributed by atoms with E-state index in [2.05, 4.69) is 11.9 Å². The zero-order valence-electron chi connectivity index (χ0n) is 16.3. The summed E-state index contributed by atoms with van der Waals surface area (Å²) in [5, 5.41) is 11.5. The van der Waals surface area contributed by atoms with E-state index in [1.807, 2.05) is 20.2 Å². The maximum atomic E-state index is 12.5. The molecule has 0 saturated heterocycles. The van der Waals surface area contributed by atoms with E-state index in [-0.39, 0.29) is 17.4 Å². The van der Waals surface area contributed by atoms with Gasteiger partial charge in [0.15, 0.2) is 5.76 Å². The third-order valence-electron chi connectivity index (χ3n) is 4.16. The maximum Gasteiger partial charge on any atom is 0.227 e. The number of carbonyl (C=O) groups is 2. The Morgan fingerprint density at radius 1 is 1.18 bits per heavy atom. The Bertz CT molecular complexity index is 927. The second kappa shape index (κ2) is 9.49. The smallest absolute Gasteiger partial charge is 0.227 e. The number of benzene rings is 2. The number of fused-ring (bicyclic) bond motifs is 1. The average molecular weight is 377 g/mol. The molecule has 0 unspecified atom stereocenters. The van der Waals surface area contributed by atoms with Crippen molar-refractivity contribution in [2.24, 2.45) is 0 Å². The maximum absolute atomic E-state index is 12.5. The van der Waals surface area contributed by atoms with Gasteiger partial charge in [-0.3, -0.25) is 9.59 Å². The number of nitrogens with one attached hydrogen (secondary N) is 1. The van der Waals surface area contributed by atoms with Crippen LogP contribution in [0, 0.1) is 11.3 Å². The zero-order valence-corrected chi connectivity index (χ0v) is 16.3. The summed E-state index contributed by atoms with van der Waals surface area (Å²) < 4.78 is 5.49. The standard InChI is InChI=1S/C20H16N2O3.C2H7N/c1-13(25-17-7-3-14(12-21)4-8-17)20(24)16-5-9-18-15(11-16)6-10-19(23)22(18)2;1-3-2/h3-5,7-9,11H,1,6,10H2,2H3;3H,1-2H3. The van der Waals surface area contributed by atoms with Crippen LogP contribution in [0.4, 0.5) is 5.69 Å². The van der Waals surface area contributed by atoms with E-state index in [0.717, 1.165) is 11.3 Å². The first-order valence-corrected chi connectivity index (χ1v) is 8.80. The number of nitriles is 1. The lowest BCUT2D eigenvalue weighted by Crippen LogP contribution is -2.31. The number of ether oxygens (including phenoxy) is 1. The summed E-state index contributed by atoms with van der Waals surface area (Å²) in [6.45, 7) is 3.71. The van der Waals surface area contributed by atoms with Crippen molar-refractivity contribution < 1.29 is 14.3 Å². The summed E-state index contributed by atoms with van der Waals surface area (Å²) in [7, 11) is 5.48. The minimum Gasteiger partial charge on any atom is -0.454 e. The average Bonchev–Trinajstić information content (AvgIpc) is 2.71. The molecule has 0 atom stereocenters. The van der Waals surface area contributed by atoms with E-state index in [9.17, 15) is 9.59 Å². The number of ketones is 1. The van der Waals surface area contributed by atoms with Crippen LogP contribution in [0.2, 0.25) is 0 Å². The fraction of sp³-hybridized carbons (Fsp3) is 0.227. The number of hydrogen-bond acceptors (Lipinski definition) is 5. The van der Waals surface area contributed by atoms with Gasteiger partial charge in [-0.2, -0.15) is 5.26 Å². The van der Waals surface area contributed by atoms with E-state index in [0.29, 0.717) is 29.7 Å². The van der Waals surface area contributed by atoms with E-state index in [4.69, 9.17) is 10.00 Å². The van der Waals surface area contributed by atoms with E-state index in [1.165, 1.54) is 0 Å². The van der Waals surface area contributed by atoms with Crippen molar-refractivity contribution in [2.45, 2.75) is 12.8 Å². The van der Waals surface area contributed by atoms with Crippen LogP contribution in [0.25, 0.3) is 0 Å². The number of nitrogens with zero attached hydrogens (tertiary/aromatic N) is 2. The van der Waals surface area contributed by atoms with Gasteiger partial charge < -0.3 is 15.0 Å². The monoisotopic (exact) mass is 377 g/mol. The summed E-state index contributed by atoms with van der Waals surface area (Å²) in [6.07, 6.45) is 1.05. The molecule has 0 fully saturated rings. The van der Waals surface area contributed by atoms with Gasteiger partial charge in [0.25, 0.3) is 0 Å². The van der Waals surface area contributed by atoms with E-state index >= 15 is 0 Å². The number of carbonyl (C=O) groups excluding carboxylic acids is 2. The zero-order chi connectivity index (χ0) is 20.7. The predicted octanol–water partition coefficient (Wildman–Crippen LogP) is 3.08. The van der Waals surface area contributed by atoms with Gasteiger partial charge in [0.2, 0.25) is 11.7 Å². The molecule has 0 bridgehead atoms. The quantitative estimate of drug-likeness (QED) is 0.503. The molecule has 0 spiro atoms. The van der Waals surface area contributed by atoms with Crippen LogP contribution >= 0.6 is 0 Å². The molecule has 28 heavy (non-hydrogen) atoms. The lowest BCUT2D eigenvalue weighted by Gasteiger charge is -2.26. The van der Waals surface area contributed by atoms with Crippen molar-refractivity contribution in [3.05, 3.63) is 71.5 Å².